The molecule has 0 aliphatic carbocycles. The Morgan fingerprint density at radius 1 is 1.00 bits per heavy atom. The molecule has 0 saturated carbocycles. The van der Waals surface area contributed by atoms with Gasteiger partial charge in [0.05, 0.1) is 19.8 Å². The highest BCUT2D eigenvalue weighted by molar-refractivity contribution is 7.89. The second-order valence-corrected chi connectivity index (χ2v) is 9.34. The smallest absolute Gasteiger partial charge is 0.275 e. The highest BCUT2D eigenvalue weighted by Gasteiger charge is 2.30. The summed E-state index contributed by atoms with van der Waals surface area (Å²) in [6.07, 6.45) is 1.50. The van der Waals surface area contributed by atoms with Crippen molar-refractivity contribution in [2.24, 2.45) is 7.05 Å². The Kier molecular flexibility index (Phi) is 6.22. The van der Waals surface area contributed by atoms with Gasteiger partial charge < -0.3 is 14.2 Å². The maximum absolute atomic E-state index is 13.6. The predicted molar refractivity (Wildman–Crippen MR) is 118 cm³/mol. The standard InChI is InChI=1S/C23H25N3O4S/c1-24-18-21(31(28,29)25-12-14-30-15-13-25)16-22(24)23(27)26(20-10-6-3-7-11-20)17-19-8-4-2-5-9-19/h2-11,16,18H,12-15,17H2,1H3. The van der Waals surface area contributed by atoms with Crippen LogP contribution in [0.25, 0.3) is 0 Å². The van der Waals surface area contributed by atoms with Crippen LogP contribution in [-0.2, 0) is 28.4 Å². The third kappa shape index (κ3) is 4.56. The van der Waals surface area contributed by atoms with E-state index in [-0.39, 0.29) is 10.8 Å². The molecule has 1 fully saturated rings. The van der Waals surface area contributed by atoms with E-state index in [0.29, 0.717) is 38.5 Å². The summed E-state index contributed by atoms with van der Waals surface area (Å²) in [4.78, 5) is 15.3. The normalized spacial score (nSPS) is 15.0. The quantitative estimate of drug-likeness (QED) is 0.592. The number of sulfonamides is 1. The molecule has 1 aromatic heterocycles. The predicted octanol–water partition coefficient (Wildman–Crippen LogP) is 2.89. The molecule has 1 saturated heterocycles. The van der Waals surface area contributed by atoms with E-state index in [1.54, 1.807) is 16.5 Å². The molecule has 0 unspecified atom stereocenters. The summed E-state index contributed by atoms with van der Waals surface area (Å²) in [5.41, 5.74) is 2.04. The van der Waals surface area contributed by atoms with Crippen molar-refractivity contribution in [1.82, 2.24) is 8.87 Å². The molecule has 0 atom stereocenters. The van der Waals surface area contributed by atoms with Crippen LogP contribution in [-0.4, -0.2) is 49.5 Å². The van der Waals surface area contributed by atoms with Crippen molar-refractivity contribution in [3.63, 3.8) is 0 Å². The van der Waals surface area contributed by atoms with Gasteiger partial charge in [-0.3, -0.25) is 4.79 Å². The van der Waals surface area contributed by atoms with Gasteiger partial charge in [-0.2, -0.15) is 4.31 Å². The van der Waals surface area contributed by atoms with E-state index in [4.69, 9.17) is 4.74 Å². The Balaban J connectivity index is 1.67. The minimum absolute atomic E-state index is 0.118. The average molecular weight is 440 g/mol. The van der Waals surface area contributed by atoms with Crippen molar-refractivity contribution in [2.45, 2.75) is 11.4 Å². The SMILES string of the molecule is Cn1cc(S(=O)(=O)N2CCOCC2)cc1C(=O)N(Cc1ccccc1)c1ccccc1. The van der Waals surface area contributed by atoms with Crippen LogP contribution in [0.2, 0.25) is 0 Å². The lowest BCUT2D eigenvalue weighted by Gasteiger charge is -2.25. The number of hydrogen-bond acceptors (Lipinski definition) is 4. The van der Waals surface area contributed by atoms with Gasteiger partial charge in [-0.1, -0.05) is 48.5 Å². The molecule has 162 valence electrons. The van der Waals surface area contributed by atoms with E-state index < -0.39 is 10.0 Å². The zero-order valence-electron chi connectivity index (χ0n) is 17.3. The fourth-order valence-corrected chi connectivity index (χ4v) is 5.10. The third-order valence-corrected chi connectivity index (χ3v) is 7.17. The van der Waals surface area contributed by atoms with Crippen molar-refractivity contribution in [2.75, 3.05) is 31.2 Å². The van der Waals surface area contributed by atoms with Crippen molar-refractivity contribution in [3.8, 4) is 0 Å². The Morgan fingerprint density at radius 3 is 2.26 bits per heavy atom. The van der Waals surface area contributed by atoms with Crippen molar-refractivity contribution in [1.29, 1.82) is 0 Å². The molecule has 2 aromatic carbocycles. The fraction of sp³-hybridized carbons (Fsp3) is 0.261. The van der Waals surface area contributed by atoms with Gasteiger partial charge in [-0.05, 0) is 23.8 Å². The first kappa shape index (κ1) is 21.3. The molecule has 2 heterocycles. The number of anilines is 1. The molecule has 7 nitrogen and oxygen atoms in total. The van der Waals surface area contributed by atoms with E-state index in [9.17, 15) is 13.2 Å². The van der Waals surface area contributed by atoms with E-state index in [0.717, 1.165) is 11.3 Å². The van der Waals surface area contributed by atoms with Crippen LogP contribution < -0.4 is 4.90 Å². The molecular weight excluding hydrogens is 414 g/mol. The van der Waals surface area contributed by atoms with E-state index >= 15 is 0 Å². The fourth-order valence-electron chi connectivity index (χ4n) is 3.62. The molecule has 0 spiro atoms. The Bertz CT molecular complexity index is 1140. The van der Waals surface area contributed by atoms with E-state index in [2.05, 4.69) is 0 Å². The highest BCUT2D eigenvalue weighted by Crippen LogP contribution is 2.24. The summed E-state index contributed by atoms with van der Waals surface area (Å²) in [7, 11) is -1.99. The number of aryl methyl sites for hydroxylation is 1. The van der Waals surface area contributed by atoms with Crippen LogP contribution in [0.3, 0.4) is 0 Å². The number of carbonyl (C=O) groups excluding carboxylic acids is 1. The van der Waals surface area contributed by atoms with Gasteiger partial charge >= 0.3 is 0 Å². The van der Waals surface area contributed by atoms with Gasteiger partial charge in [0.1, 0.15) is 10.6 Å². The molecule has 31 heavy (non-hydrogen) atoms. The third-order valence-electron chi connectivity index (χ3n) is 5.30. The molecule has 4 rings (SSSR count). The van der Waals surface area contributed by atoms with Crippen LogP contribution in [0, 0.1) is 0 Å². The van der Waals surface area contributed by atoms with Gasteiger partial charge in [0, 0.05) is 32.0 Å². The van der Waals surface area contributed by atoms with Crippen LogP contribution in [0.15, 0.2) is 77.8 Å². The van der Waals surface area contributed by atoms with Gasteiger partial charge in [0.2, 0.25) is 10.0 Å². The monoisotopic (exact) mass is 439 g/mol. The summed E-state index contributed by atoms with van der Waals surface area (Å²) < 4.78 is 34.3. The number of rotatable bonds is 6. The Morgan fingerprint density at radius 2 is 1.61 bits per heavy atom. The van der Waals surface area contributed by atoms with Crippen molar-refractivity contribution in [3.05, 3.63) is 84.2 Å². The second-order valence-electron chi connectivity index (χ2n) is 7.40. The summed E-state index contributed by atoms with van der Waals surface area (Å²) >= 11 is 0. The number of benzene rings is 2. The average Bonchev–Trinajstić information content (AvgIpc) is 3.21. The topological polar surface area (TPSA) is 71.9 Å². The van der Waals surface area contributed by atoms with Crippen molar-refractivity contribution >= 4 is 21.6 Å². The lowest BCUT2D eigenvalue weighted by molar-refractivity contribution is 0.0730. The van der Waals surface area contributed by atoms with E-state index in [1.165, 1.54) is 16.6 Å². The minimum Gasteiger partial charge on any atom is -0.379 e. The van der Waals surface area contributed by atoms with Crippen molar-refractivity contribution < 1.29 is 17.9 Å². The zero-order chi connectivity index (χ0) is 21.8. The van der Waals surface area contributed by atoms with Gasteiger partial charge in [0.15, 0.2) is 0 Å². The van der Waals surface area contributed by atoms with Gasteiger partial charge in [-0.15, -0.1) is 0 Å². The minimum atomic E-state index is -3.68. The number of para-hydroxylation sites is 1. The first-order chi connectivity index (χ1) is 15.0. The highest BCUT2D eigenvalue weighted by atomic mass is 32.2. The molecule has 0 radical (unpaired) electrons. The number of ether oxygens (including phenoxy) is 1. The molecular formula is C23H25N3O4S. The van der Waals surface area contributed by atoms with Crippen LogP contribution >= 0.6 is 0 Å². The summed E-state index contributed by atoms with van der Waals surface area (Å²) in [6, 6.07) is 20.6. The maximum atomic E-state index is 13.6. The molecule has 1 amide bonds. The second kappa shape index (κ2) is 9.05. The number of morpholine rings is 1. The number of nitrogens with zero attached hydrogens (tertiary/aromatic N) is 3. The molecule has 1 aliphatic rings. The summed E-state index contributed by atoms with van der Waals surface area (Å²) in [5.74, 6) is -0.263. The molecule has 0 N–H and O–H groups in total. The largest absolute Gasteiger partial charge is 0.379 e. The Hall–Kier alpha value is -2.94. The number of amides is 1. The lowest BCUT2D eigenvalue weighted by Crippen LogP contribution is -2.40. The van der Waals surface area contributed by atoms with Gasteiger partial charge in [-0.25, -0.2) is 8.42 Å². The maximum Gasteiger partial charge on any atom is 0.275 e. The first-order valence-corrected chi connectivity index (χ1v) is 11.6. The van der Waals surface area contributed by atoms with E-state index in [1.807, 2.05) is 60.7 Å². The molecule has 1 aliphatic heterocycles. The molecule has 3 aromatic rings. The number of carbonyl (C=O) groups is 1. The summed E-state index contributed by atoms with van der Waals surface area (Å²) in [5, 5.41) is 0. The lowest BCUT2D eigenvalue weighted by atomic mass is 10.2. The Labute approximate surface area is 182 Å². The van der Waals surface area contributed by atoms with Gasteiger partial charge in [0.25, 0.3) is 5.91 Å². The zero-order valence-corrected chi connectivity index (χ0v) is 18.2. The van der Waals surface area contributed by atoms with Crippen LogP contribution in [0.1, 0.15) is 16.1 Å². The molecule has 0 bridgehead atoms. The van der Waals surface area contributed by atoms with Crippen LogP contribution in [0.5, 0.6) is 0 Å². The number of hydrogen-bond donors (Lipinski definition) is 0. The first-order valence-electron chi connectivity index (χ1n) is 10.1. The molecule has 8 heteroatoms. The number of aromatic nitrogens is 1. The summed E-state index contributed by atoms with van der Waals surface area (Å²) in [6.45, 7) is 1.74. The van der Waals surface area contributed by atoms with Crippen LogP contribution in [0.4, 0.5) is 5.69 Å².